The number of aromatic nitrogens is 1. The highest BCUT2D eigenvalue weighted by Gasteiger charge is 2.41. The molecule has 0 saturated carbocycles. The number of amides is 2. The Morgan fingerprint density at radius 2 is 1.96 bits per heavy atom. The average Bonchev–Trinajstić information content (AvgIpc) is 3.06. The van der Waals surface area contributed by atoms with Gasteiger partial charge in [-0.15, -0.1) is 0 Å². The van der Waals surface area contributed by atoms with Crippen LogP contribution in [0, 0.1) is 17.2 Å². The summed E-state index contributed by atoms with van der Waals surface area (Å²) in [6, 6.07) is 12.2. The molecule has 0 aliphatic carbocycles. The molecule has 1 atom stereocenters. The Bertz CT molecular complexity index is 951. The minimum absolute atomic E-state index is 0.0385. The standard InChI is InChI=1S/C20H17ClN4O3/c21-15-1-3-16(4-2-15)25-10-14(8-19(25)26)20(27)24-11-17(12-24)28-18-7-13(9-22)5-6-23-18/h1-7,14,17H,8,10-12H2. The van der Waals surface area contributed by atoms with E-state index in [1.165, 1.54) is 6.20 Å². The molecular formula is C20H17ClN4O3. The molecule has 1 aromatic heterocycles. The summed E-state index contributed by atoms with van der Waals surface area (Å²) < 4.78 is 5.71. The molecule has 0 bridgehead atoms. The second kappa shape index (κ2) is 7.49. The number of pyridine rings is 1. The molecule has 0 N–H and O–H groups in total. The number of benzene rings is 1. The van der Waals surface area contributed by atoms with Crippen molar-refractivity contribution in [2.24, 2.45) is 5.92 Å². The van der Waals surface area contributed by atoms with E-state index in [-0.39, 0.29) is 30.3 Å². The van der Waals surface area contributed by atoms with Gasteiger partial charge in [0.1, 0.15) is 6.10 Å². The van der Waals surface area contributed by atoms with Crippen molar-refractivity contribution < 1.29 is 14.3 Å². The van der Waals surface area contributed by atoms with E-state index in [1.807, 2.05) is 6.07 Å². The van der Waals surface area contributed by atoms with Gasteiger partial charge >= 0.3 is 0 Å². The van der Waals surface area contributed by atoms with Crippen molar-refractivity contribution in [1.29, 1.82) is 5.26 Å². The molecule has 4 rings (SSSR count). The van der Waals surface area contributed by atoms with E-state index in [1.54, 1.807) is 46.2 Å². The fourth-order valence-corrected chi connectivity index (χ4v) is 3.53. The van der Waals surface area contributed by atoms with Crippen LogP contribution in [0.4, 0.5) is 5.69 Å². The van der Waals surface area contributed by atoms with Crippen molar-refractivity contribution in [2.45, 2.75) is 12.5 Å². The lowest BCUT2D eigenvalue weighted by atomic mass is 10.0. The van der Waals surface area contributed by atoms with Crippen LogP contribution in [0.5, 0.6) is 5.88 Å². The number of rotatable bonds is 4. The van der Waals surface area contributed by atoms with Gasteiger partial charge in [0.05, 0.1) is 30.6 Å². The van der Waals surface area contributed by atoms with E-state index in [9.17, 15) is 9.59 Å². The van der Waals surface area contributed by atoms with Gasteiger partial charge < -0.3 is 14.5 Å². The summed E-state index contributed by atoms with van der Waals surface area (Å²) in [5, 5.41) is 9.52. The van der Waals surface area contributed by atoms with Crippen LogP contribution in [0.2, 0.25) is 5.02 Å². The molecule has 3 heterocycles. The topological polar surface area (TPSA) is 86.5 Å². The summed E-state index contributed by atoms with van der Waals surface area (Å²) in [5.41, 5.74) is 1.22. The maximum absolute atomic E-state index is 12.7. The van der Waals surface area contributed by atoms with Crippen LogP contribution in [-0.4, -0.2) is 47.4 Å². The zero-order chi connectivity index (χ0) is 19.7. The SMILES string of the molecule is N#Cc1ccnc(OC2CN(C(=O)C3CC(=O)N(c4ccc(Cl)cc4)C3)C2)c1. The number of ether oxygens (including phenoxy) is 1. The number of anilines is 1. The van der Waals surface area contributed by atoms with Crippen LogP contribution in [0.3, 0.4) is 0 Å². The lowest BCUT2D eigenvalue weighted by Crippen LogP contribution is -2.57. The van der Waals surface area contributed by atoms with E-state index in [0.717, 1.165) is 5.69 Å². The minimum Gasteiger partial charge on any atom is -0.471 e. The van der Waals surface area contributed by atoms with E-state index < -0.39 is 0 Å². The van der Waals surface area contributed by atoms with Crippen molar-refractivity contribution in [3.63, 3.8) is 0 Å². The molecule has 1 unspecified atom stereocenters. The van der Waals surface area contributed by atoms with Crippen LogP contribution in [0.15, 0.2) is 42.6 Å². The fourth-order valence-electron chi connectivity index (χ4n) is 3.41. The molecule has 0 spiro atoms. The van der Waals surface area contributed by atoms with Crippen LogP contribution >= 0.6 is 11.6 Å². The Kier molecular flexibility index (Phi) is 4.88. The summed E-state index contributed by atoms with van der Waals surface area (Å²) in [5.74, 6) is -0.0832. The van der Waals surface area contributed by atoms with Gasteiger partial charge in [0.25, 0.3) is 0 Å². The van der Waals surface area contributed by atoms with Crippen molar-refractivity contribution in [3.05, 3.63) is 53.2 Å². The first-order valence-corrected chi connectivity index (χ1v) is 9.29. The van der Waals surface area contributed by atoms with Gasteiger partial charge in [0.15, 0.2) is 0 Å². The molecule has 8 heteroatoms. The van der Waals surface area contributed by atoms with E-state index in [0.29, 0.717) is 36.1 Å². The molecule has 1 aromatic carbocycles. The Morgan fingerprint density at radius 3 is 2.68 bits per heavy atom. The second-order valence-corrected chi connectivity index (χ2v) is 7.30. The van der Waals surface area contributed by atoms with Gasteiger partial charge in [-0.3, -0.25) is 9.59 Å². The first-order chi connectivity index (χ1) is 13.5. The average molecular weight is 397 g/mol. The Morgan fingerprint density at radius 1 is 1.21 bits per heavy atom. The molecular weight excluding hydrogens is 380 g/mol. The summed E-state index contributed by atoms with van der Waals surface area (Å²) in [4.78, 5) is 32.5. The van der Waals surface area contributed by atoms with E-state index in [2.05, 4.69) is 4.98 Å². The van der Waals surface area contributed by atoms with E-state index >= 15 is 0 Å². The van der Waals surface area contributed by atoms with Crippen molar-refractivity contribution in [1.82, 2.24) is 9.88 Å². The third kappa shape index (κ3) is 3.64. The molecule has 2 aliphatic heterocycles. The molecule has 0 radical (unpaired) electrons. The number of likely N-dealkylation sites (tertiary alicyclic amines) is 1. The number of nitrogens with zero attached hydrogens (tertiary/aromatic N) is 4. The molecule has 2 fully saturated rings. The summed E-state index contributed by atoms with van der Waals surface area (Å²) in [6.07, 6.45) is 1.56. The quantitative estimate of drug-likeness (QED) is 0.791. The number of nitriles is 1. The highest BCUT2D eigenvalue weighted by Crippen LogP contribution is 2.29. The van der Waals surface area contributed by atoms with Gasteiger partial charge in [-0.05, 0) is 30.3 Å². The predicted octanol–water partition coefficient (Wildman–Crippen LogP) is 2.25. The number of halogens is 1. The van der Waals surface area contributed by atoms with Gasteiger partial charge in [-0.1, -0.05) is 11.6 Å². The van der Waals surface area contributed by atoms with Gasteiger partial charge in [0, 0.05) is 35.9 Å². The first kappa shape index (κ1) is 18.3. The second-order valence-electron chi connectivity index (χ2n) is 6.86. The number of hydrogen-bond donors (Lipinski definition) is 0. The highest BCUT2D eigenvalue weighted by molar-refractivity contribution is 6.30. The maximum atomic E-state index is 12.7. The molecule has 142 valence electrons. The molecule has 2 aromatic rings. The molecule has 2 amide bonds. The number of carbonyl (C=O) groups is 2. The number of hydrogen-bond acceptors (Lipinski definition) is 5. The number of carbonyl (C=O) groups excluding carboxylic acids is 2. The van der Waals surface area contributed by atoms with Crippen LogP contribution < -0.4 is 9.64 Å². The largest absolute Gasteiger partial charge is 0.471 e. The lowest BCUT2D eigenvalue weighted by Gasteiger charge is -2.39. The van der Waals surface area contributed by atoms with Crippen LogP contribution in [0.1, 0.15) is 12.0 Å². The summed E-state index contributed by atoms with van der Waals surface area (Å²) >= 11 is 5.89. The third-order valence-electron chi connectivity index (χ3n) is 4.92. The summed E-state index contributed by atoms with van der Waals surface area (Å²) in [6.45, 7) is 1.26. The van der Waals surface area contributed by atoms with Gasteiger partial charge in [0.2, 0.25) is 17.7 Å². The Balaban J connectivity index is 1.32. The van der Waals surface area contributed by atoms with Crippen molar-refractivity contribution >= 4 is 29.1 Å². The summed E-state index contributed by atoms with van der Waals surface area (Å²) in [7, 11) is 0. The molecule has 7 nitrogen and oxygen atoms in total. The maximum Gasteiger partial charge on any atom is 0.228 e. The normalized spacial score (nSPS) is 19.3. The zero-order valence-corrected chi connectivity index (χ0v) is 15.7. The van der Waals surface area contributed by atoms with Crippen LogP contribution in [-0.2, 0) is 9.59 Å². The Labute approximate surface area is 167 Å². The third-order valence-corrected chi connectivity index (χ3v) is 5.18. The molecule has 2 saturated heterocycles. The van der Waals surface area contributed by atoms with E-state index in [4.69, 9.17) is 21.6 Å². The Hall–Kier alpha value is -3.11. The zero-order valence-electron chi connectivity index (χ0n) is 14.9. The molecule has 28 heavy (non-hydrogen) atoms. The molecule has 2 aliphatic rings. The van der Waals surface area contributed by atoms with Crippen molar-refractivity contribution in [2.75, 3.05) is 24.5 Å². The van der Waals surface area contributed by atoms with Crippen molar-refractivity contribution in [3.8, 4) is 11.9 Å². The first-order valence-electron chi connectivity index (χ1n) is 8.91. The minimum atomic E-state index is -0.357. The lowest BCUT2D eigenvalue weighted by molar-refractivity contribution is -0.144. The predicted molar refractivity (Wildman–Crippen MR) is 102 cm³/mol. The van der Waals surface area contributed by atoms with Crippen LogP contribution in [0.25, 0.3) is 0 Å². The highest BCUT2D eigenvalue weighted by atomic mass is 35.5. The smallest absolute Gasteiger partial charge is 0.228 e. The fraction of sp³-hybridized carbons (Fsp3) is 0.300. The van der Waals surface area contributed by atoms with Gasteiger partial charge in [-0.2, -0.15) is 5.26 Å². The van der Waals surface area contributed by atoms with Gasteiger partial charge in [-0.25, -0.2) is 4.98 Å². The monoisotopic (exact) mass is 396 g/mol.